The topological polar surface area (TPSA) is 44.5 Å². The quantitative estimate of drug-likeness (QED) is 0.820. The number of rotatable bonds is 3. The summed E-state index contributed by atoms with van der Waals surface area (Å²) in [5, 5.41) is 0. The Labute approximate surface area is 101 Å². The van der Waals surface area contributed by atoms with E-state index in [-0.39, 0.29) is 0 Å². The molecule has 2 aromatic carbocycles. The molecule has 2 aromatic rings. The van der Waals surface area contributed by atoms with Crippen LogP contribution in [-0.2, 0) is 0 Å². The van der Waals surface area contributed by atoms with E-state index >= 15 is 0 Å². The summed E-state index contributed by atoms with van der Waals surface area (Å²) in [7, 11) is 1.62. The summed E-state index contributed by atoms with van der Waals surface area (Å²) in [6, 6.07) is 13.1. The number of hydrogen-bond donors (Lipinski definition) is 1. The fourth-order valence-corrected chi connectivity index (χ4v) is 1.54. The predicted octanol–water partition coefficient (Wildman–Crippen LogP) is 3.38. The van der Waals surface area contributed by atoms with Crippen LogP contribution in [0.5, 0.6) is 17.2 Å². The molecule has 0 heterocycles. The lowest BCUT2D eigenvalue weighted by molar-refractivity contribution is 0.379. The van der Waals surface area contributed by atoms with Gasteiger partial charge in [0.25, 0.3) is 0 Å². The summed E-state index contributed by atoms with van der Waals surface area (Å²) in [5.41, 5.74) is 7.52. The van der Waals surface area contributed by atoms with Crippen LogP contribution in [0.4, 0.5) is 5.69 Å². The van der Waals surface area contributed by atoms with Gasteiger partial charge in [0.15, 0.2) is 11.5 Å². The molecule has 3 heteroatoms. The Morgan fingerprint density at radius 3 is 2.35 bits per heavy atom. The van der Waals surface area contributed by atoms with E-state index in [1.807, 2.05) is 49.4 Å². The molecular formula is C14H15NO2. The molecule has 0 fully saturated rings. The Balaban J connectivity index is 2.28. The van der Waals surface area contributed by atoms with Gasteiger partial charge in [-0.05, 0) is 42.8 Å². The molecule has 0 bridgehead atoms. The average molecular weight is 229 g/mol. The zero-order valence-corrected chi connectivity index (χ0v) is 9.94. The van der Waals surface area contributed by atoms with E-state index in [4.69, 9.17) is 15.2 Å². The maximum Gasteiger partial charge on any atom is 0.169 e. The van der Waals surface area contributed by atoms with Crippen molar-refractivity contribution in [2.45, 2.75) is 6.92 Å². The van der Waals surface area contributed by atoms with Gasteiger partial charge in [-0.15, -0.1) is 0 Å². The maximum absolute atomic E-state index is 5.76. The van der Waals surface area contributed by atoms with Crippen molar-refractivity contribution in [1.29, 1.82) is 0 Å². The van der Waals surface area contributed by atoms with Gasteiger partial charge in [-0.1, -0.05) is 12.1 Å². The maximum atomic E-state index is 5.76. The molecular weight excluding hydrogens is 214 g/mol. The molecule has 0 amide bonds. The largest absolute Gasteiger partial charge is 0.493 e. The molecule has 0 unspecified atom stereocenters. The van der Waals surface area contributed by atoms with Crippen molar-refractivity contribution >= 4 is 5.69 Å². The zero-order valence-electron chi connectivity index (χ0n) is 9.94. The van der Waals surface area contributed by atoms with Gasteiger partial charge in [0.05, 0.1) is 7.11 Å². The third-order valence-electron chi connectivity index (χ3n) is 2.54. The number of aryl methyl sites for hydroxylation is 1. The molecule has 17 heavy (non-hydrogen) atoms. The highest BCUT2D eigenvalue weighted by Gasteiger charge is 2.04. The molecule has 0 aliphatic carbocycles. The van der Waals surface area contributed by atoms with Crippen LogP contribution in [0.1, 0.15) is 5.56 Å². The third kappa shape index (κ3) is 2.50. The number of methoxy groups -OCH3 is 1. The number of para-hydroxylation sites is 2. The second kappa shape index (κ2) is 4.78. The van der Waals surface area contributed by atoms with E-state index in [0.29, 0.717) is 11.5 Å². The van der Waals surface area contributed by atoms with Crippen molar-refractivity contribution < 1.29 is 9.47 Å². The summed E-state index contributed by atoms with van der Waals surface area (Å²) in [6.45, 7) is 1.95. The number of hydrogen-bond acceptors (Lipinski definition) is 3. The molecule has 0 spiro atoms. The molecule has 0 saturated carbocycles. The molecule has 0 aliphatic rings. The van der Waals surface area contributed by atoms with Crippen molar-refractivity contribution in [2.75, 3.05) is 12.8 Å². The SMILES string of the molecule is COc1ccccc1Oc1ccc(N)c(C)c1. The van der Waals surface area contributed by atoms with Crippen molar-refractivity contribution in [2.24, 2.45) is 0 Å². The lowest BCUT2D eigenvalue weighted by atomic mass is 10.2. The predicted molar refractivity (Wildman–Crippen MR) is 68.7 cm³/mol. The number of anilines is 1. The average Bonchev–Trinajstić information content (AvgIpc) is 2.34. The summed E-state index contributed by atoms with van der Waals surface area (Å²) in [4.78, 5) is 0. The first-order chi connectivity index (χ1) is 8.20. The lowest BCUT2D eigenvalue weighted by Gasteiger charge is -2.10. The summed E-state index contributed by atoms with van der Waals surface area (Å²) >= 11 is 0. The van der Waals surface area contributed by atoms with E-state index in [9.17, 15) is 0 Å². The Morgan fingerprint density at radius 1 is 1.00 bits per heavy atom. The van der Waals surface area contributed by atoms with Crippen LogP contribution < -0.4 is 15.2 Å². The minimum absolute atomic E-state index is 0.694. The van der Waals surface area contributed by atoms with Gasteiger partial charge >= 0.3 is 0 Å². The standard InChI is InChI=1S/C14H15NO2/c1-10-9-11(7-8-12(10)15)17-14-6-4-3-5-13(14)16-2/h3-9H,15H2,1-2H3. The van der Waals surface area contributed by atoms with Gasteiger partial charge in [-0.25, -0.2) is 0 Å². The molecule has 3 nitrogen and oxygen atoms in total. The van der Waals surface area contributed by atoms with Crippen LogP contribution >= 0.6 is 0 Å². The number of nitrogens with two attached hydrogens (primary N) is 1. The van der Waals surface area contributed by atoms with Gasteiger partial charge in [0, 0.05) is 5.69 Å². The highest BCUT2D eigenvalue weighted by molar-refractivity contribution is 5.51. The van der Waals surface area contributed by atoms with E-state index in [0.717, 1.165) is 17.0 Å². The fourth-order valence-electron chi connectivity index (χ4n) is 1.54. The number of benzene rings is 2. The van der Waals surface area contributed by atoms with Crippen molar-refractivity contribution in [3.63, 3.8) is 0 Å². The number of ether oxygens (including phenoxy) is 2. The lowest BCUT2D eigenvalue weighted by Crippen LogP contribution is -1.92. The van der Waals surface area contributed by atoms with Gasteiger partial charge in [0.1, 0.15) is 5.75 Å². The molecule has 88 valence electrons. The Hall–Kier alpha value is -2.16. The van der Waals surface area contributed by atoms with Crippen LogP contribution in [0.3, 0.4) is 0 Å². The van der Waals surface area contributed by atoms with Crippen LogP contribution in [0, 0.1) is 6.92 Å². The number of nitrogen functional groups attached to an aromatic ring is 1. The highest BCUT2D eigenvalue weighted by Crippen LogP contribution is 2.31. The monoisotopic (exact) mass is 229 g/mol. The van der Waals surface area contributed by atoms with Gasteiger partial charge in [-0.3, -0.25) is 0 Å². The molecule has 0 aliphatic heterocycles. The highest BCUT2D eigenvalue weighted by atomic mass is 16.5. The molecule has 0 atom stereocenters. The van der Waals surface area contributed by atoms with E-state index in [1.54, 1.807) is 7.11 Å². The fraction of sp³-hybridized carbons (Fsp3) is 0.143. The van der Waals surface area contributed by atoms with Crippen LogP contribution in [0.25, 0.3) is 0 Å². The zero-order chi connectivity index (χ0) is 12.3. The molecule has 0 radical (unpaired) electrons. The van der Waals surface area contributed by atoms with Gasteiger partial charge in [0.2, 0.25) is 0 Å². The van der Waals surface area contributed by atoms with Crippen LogP contribution in [-0.4, -0.2) is 7.11 Å². The Kier molecular flexibility index (Phi) is 3.19. The first-order valence-electron chi connectivity index (χ1n) is 5.37. The summed E-state index contributed by atoms with van der Waals surface area (Å²) < 4.78 is 11.0. The van der Waals surface area contributed by atoms with Crippen molar-refractivity contribution in [3.05, 3.63) is 48.0 Å². The Morgan fingerprint density at radius 2 is 1.71 bits per heavy atom. The first-order valence-corrected chi connectivity index (χ1v) is 5.37. The second-order valence-corrected chi connectivity index (χ2v) is 3.77. The van der Waals surface area contributed by atoms with Gasteiger partial charge < -0.3 is 15.2 Å². The molecule has 0 aromatic heterocycles. The van der Waals surface area contributed by atoms with E-state index in [1.165, 1.54) is 0 Å². The summed E-state index contributed by atoms with van der Waals surface area (Å²) in [6.07, 6.45) is 0. The smallest absolute Gasteiger partial charge is 0.169 e. The normalized spacial score (nSPS) is 10.0. The third-order valence-corrected chi connectivity index (χ3v) is 2.54. The van der Waals surface area contributed by atoms with Crippen LogP contribution in [0.15, 0.2) is 42.5 Å². The minimum Gasteiger partial charge on any atom is -0.493 e. The first kappa shape index (κ1) is 11.3. The molecule has 2 rings (SSSR count). The van der Waals surface area contributed by atoms with Crippen molar-refractivity contribution in [3.8, 4) is 17.2 Å². The van der Waals surface area contributed by atoms with E-state index < -0.39 is 0 Å². The molecule has 2 N–H and O–H groups in total. The van der Waals surface area contributed by atoms with E-state index in [2.05, 4.69) is 0 Å². The van der Waals surface area contributed by atoms with Crippen LogP contribution in [0.2, 0.25) is 0 Å². The Bertz CT molecular complexity index is 523. The molecule has 0 saturated heterocycles. The summed E-state index contributed by atoms with van der Waals surface area (Å²) in [5.74, 6) is 2.15. The van der Waals surface area contributed by atoms with Crippen molar-refractivity contribution in [1.82, 2.24) is 0 Å². The minimum atomic E-state index is 0.694. The van der Waals surface area contributed by atoms with Gasteiger partial charge in [-0.2, -0.15) is 0 Å². The second-order valence-electron chi connectivity index (χ2n) is 3.77.